The van der Waals surface area contributed by atoms with Gasteiger partial charge in [-0.2, -0.15) is 0 Å². The van der Waals surface area contributed by atoms with Gasteiger partial charge in [-0.15, -0.1) is 0 Å². The largest absolute Gasteiger partial charge is 0.0904 e. The SMILES string of the molecule is C[C@@H]1SS[C@H](C)[C@@H]2CCCC[C@H](C)C2SS[C@@H]1C. The van der Waals surface area contributed by atoms with Gasteiger partial charge in [0.15, 0.2) is 0 Å². The fourth-order valence-electron chi connectivity index (χ4n) is 2.82. The molecule has 6 atom stereocenters. The first-order valence-corrected chi connectivity index (χ1v) is 11.8. The van der Waals surface area contributed by atoms with Crippen LogP contribution >= 0.6 is 43.2 Å². The second kappa shape index (κ2) is 7.42. The number of hydrogen-bond acceptors (Lipinski definition) is 4. The molecule has 0 aromatic heterocycles. The van der Waals surface area contributed by atoms with Crippen LogP contribution < -0.4 is 0 Å². The molecule has 18 heavy (non-hydrogen) atoms. The van der Waals surface area contributed by atoms with Crippen LogP contribution in [0.2, 0.25) is 0 Å². The van der Waals surface area contributed by atoms with E-state index in [2.05, 4.69) is 70.9 Å². The Bertz CT molecular complexity index is 258. The summed E-state index contributed by atoms with van der Waals surface area (Å²) in [6, 6.07) is 0. The Labute approximate surface area is 129 Å². The van der Waals surface area contributed by atoms with Gasteiger partial charge >= 0.3 is 0 Å². The number of fused-ring (bicyclic) bond motifs is 1. The van der Waals surface area contributed by atoms with Crippen LogP contribution in [0.15, 0.2) is 0 Å². The lowest BCUT2D eigenvalue weighted by Crippen LogP contribution is -2.28. The van der Waals surface area contributed by atoms with Gasteiger partial charge in [-0.05, 0) is 24.7 Å². The van der Waals surface area contributed by atoms with E-state index in [-0.39, 0.29) is 0 Å². The second-order valence-electron chi connectivity index (χ2n) is 5.89. The van der Waals surface area contributed by atoms with Gasteiger partial charge in [-0.3, -0.25) is 0 Å². The van der Waals surface area contributed by atoms with Gasteiger partial charge in [0.1, 0.15) is 0 Å². The summed E-state index contributed by atoms with van der Waals surface area (Å²) >= 11 is 0. The molecule has 2 fully saturated rings. The zero-order valence-corrected chi connectivity index (χ0v) is 15.2. The van der Waals surface area contributed by atoms with Crippen molar-refractivity contribution in [1.82, 2.24) is 0 Å². The highest BCUT2D eigenvalue weighted by atomic mass is 33.1. The molecule has 1 aliphatic carbocycles. The minimum atomic E-state index is 0.771. The molecule has 1 heterocycles. The molecule has 1 unspecified atom stereocenters. The Hall–Kier alpha value is 1.40. The van der Waals surface area contributed by atoms with Crippen molar-refractivity contribution in [3.63, 3.8) is 0 Å². The van der Waals surface area contributed by atoms with Gasteiger partial charge in [-0.25, -0.2) is 0 Å². The van der Waals surface area contributed by atoms with Crippen molar-refractivity contribution in [3.05, 3.63) is 0 Å². The predicted octanol–water partition coefficient (Wildman–Crippen LogP) is 6.12. The zero-order chi connectivity index (χ0) is 13.1. The fraction of sp³-hybridized carbons (Fsp3) is 1.00. The Morgan fingerprint density at radius 2 is 1.22 bits per heavy atom. The van der Waals surface area contributed by atoms with Crippen molar-refractivity contribution in [3.8, 4) is 0 Å². The molecule has 0 bridgehead atoms. The molecule has 0 amide bonds. The normalized spacial score (nSPS) is 47.3. The lowest BCUT2D eigenvalue weighted by molar-refractivity contribution is 0.412. The highest BCUT2D eigenvalue weighted by Gasteiger charge is 2.36. The number of hydrogen-bond donors (Lipinski definition) is 0. The molecule has 1 aliphatic heterocycles. The number of rotatable bonds is 0. The van der Waals surface area contributed by atoms with E-state index in [4.69, 9.17) is 0 Å². The van der Waals surface area contributed by atoms with Gasteiger partial charge in [-0.1, -0.05) is 83.7 Å². The molecule has 0 aromatic rings. The molecule has 0 nitrogen and oxygen atoms in total. The summed E-state index contributed by atoms with van der Waals surface area (Å²) < 4.78 is 0. The highest BCUT2D eigenvalue weighted by Crippen LogP contribution is 2.51. The minimum Gasteiger partial charge on any atom is -0.0904 e. The molecule has 4 heteroatoms. The molecular formula is C14H26S4. The topological polar surface area (TPSA) is 0 Å². The van der Waals surface area contributed by atoms with Gasteiger partial charge in [0.2, 0.25) is 0 Å². The maximum Gasteiger partial charge on any atom is 0.0247 e. The van der Waals surface area contributed by atoms with Crippen LogP contribution in [-0.2, 0) is 0 Å². The molecule has 0 N–H and O–H groups in total. The van der Waals surface area contributed by atoms with E-state index in [9.17, 15) is 0 Å². The van der Waals surface area contributed by atoms with E-state index < -0.39 is 0 Å². The molecule has 0 spiro atoms. The van der Waals surface area contributed by atoms with E-state index in [1.807, 2.05) is 0 Å². The quantitative estimate of drug-likeness (QED) is 0.492. The molecule has 106 valence electrons. The lowest BCUT2D eigenvalue weighted by atomic mass is 9.91. The fourth-order valence-corrected chi connectivity index (χ4v) is 10.3. The average Bonchev–Trinajstić information content (AvgIpc) is 2.51. The van der Waals surface area contributed by atoms with Crippen LogP contribution in [0.25, 0.3) is 0 Å². The summed E-state index contributed by atoms with van der Waals surface area (Å²) in [6.07, 6.45) is 5.82. The van der Waals surface area contributed by atoms with Gasteiger partial charge in [0, 0.05) is 21.0 Å². The first-order chi connectivity index (χ1) is 8.59. The smallest absolute Gasteiger partial charge is 0.0247 e. The third-order valence-electron chi connectivity index (χ3n) is 4.37. The van der Waals surface area contributed by atoms with Crippen LogP contribution in [0, 0.1) is 11.8 Å². The zero-order valence-electron chi connectivity index (χ0n) is 11.9. The van der Waals surface area contributed by atoms with Crippen molar-refractivity contribution in [2.24, 2.45) is 11.8 Å². The summed E-state index contributed by atoms with van der Waals surface area (Å²) in [5.74, 6) is 1.83. The summed E-state index contributed by atoms with van der Waals surface area (Å²) in [6.45, 7) is 9.77. The molecule has 0 aromatic carbocycles. The lowest BCUT2D eigenvalue weighted by Gasteiger charge is -2.31. The third-order valence-corrected chi connectivity index (χ3v) is 11.9. The maximum atomic E-state index is 2.49. The van der Waals surface area contributed by atoms with Crippen molar-refractivity contribution >= 4 is 43.2 Å². The Morgan fingerprint density at radius 1 is 0.667 bits per heavy atom. The van der Waals surface area contributed by atoms with Gasteiger partial charge < -0.3 is 0 Å². The Balaban J connectivity index is 2.12. The van der Waals surface area contributed by atoms with Crippen LogP contribution in [-0.4, -0.2) is 21.0 Å². The Morgan fingerprint density at radius 3 is 1.94 bits per heavy atom. The molecule has 2 aliphatic rings. The molecular weight excluding hydrogens is 296 g/mol. The van der Waals surface area contributed by atoms with E-state index in [0.717, 1.165) is 32.8 Å². The van der Waals surface area contributed by atoms with Crippen molar-refractivity contribution in [2.45, 2.75) is 74.4 Å². The van der Waals surface area contributed by atoms with Crippen LogP contribution in [0.1, 0.15) is 53.4 Å². The van der Waals surface area contributed by atoms with E-state index in [0.29, 0.717) is 0 Å². The standard InChI is InChI=1S/C14H26S4/c1-9-7-5-6-8-13-12(4)17-15-10(2)11(3)16-18-14(9)13/h9-14H,5-8H2,1-4H3/t9-,10-,11+,12+,13-,14?/m0/s1. The first-order valence-electron chi connectivity index (χ1n) is 7.24. The third kappa shape index (κ3) is 3.95. The highest BCUT2D eigenvalue weighted by molar-refractivity contribution is 8.79. The molecule has 0 radical (unpaired) electrons. The molecule has 1 saturated heterocycles. The van der Waals surface area contributed by atoms with Gasteiger partial charge in [0.05, 0.1) is 0 Å². The molecule has 2 rings (SSSR count). The Kier molecular flexibility index (Phi) is 6.51. The first kappa shape index (κ1) is 15.8. The van der Waals surface area contributed by atoms with E-state index in [1.54, 1.807) is 0 Å². The monoisotopic (exact) mass is 322 g/mol. The predicted molar refractivity (Wildman–Crippen MR) is 93.7 cm³/mol. The van der Waals surface area contributed by atoms with Crippen molar-refractivity contribution in [1.29, 1.82) is 0 Å². The van der Waals surface area contributed by atoms with Crippen LogP contribution in [0.4, 0.5) is 0 Å². The van der Waals surface area contributed by atoms with E-state index in [1.165, 1.54) is 25.7 Å². The van der Waals surface area contributed by atoms with Crippen LogP contribution in [0.5, 0.6) is 0 Å². The maximum absolute atomic E-state index is 2.49. The van der Waals surface area contributed by atoms with E-state index >= 15 is 0 Å². The summed E-state index contributed by atoms with van der Waals surface area (Å²) in [5, 5.41) is 3.25. The molecule has 1 saturated carbocycles. The summed E-state index contributed by atoms with van der Waals surface area (Å²) in [4.78, 5) is 0. The second-order valence-corrected chi connectivity index (χ2v) is 11.7. The summed E-state index contributed by atoms with van der Waals surface area (Å²) in [5.41, 5.74) is 0. The van der Waals surface area contributed by atoms with Crippen LogP contribution in [0.3, 0.4) is 0 Å². The minimum absolute atomic E-state index is 0.771. The van der Waals surface area contributed by atoms with Crippen molar-refractivity contribution in [2.75, 3.05) is 0 Å². The van der Waals surface area contributed by atoms with Gasteiger partial charge in [0.25, 0.3) is 0 Å². The van der Waals surface area contributed by atoms with Crippen molar-refractivity contribution < 1.29 is 0 Å². The average molecular weight is 323 g/mol. The summed E-state index contributed by atoms with van der Waals surface area (Å²) in [7, 11) is 8.67.